The van der Waals surface area contributed by atoms with Gasteiger partial charge < -0.3 is 0 Å². The van der Waals surface area contributed by atoms with Crippen molar-refractivity contribution in [1.82, 2.24) is 0 Å². The van der Waals surface area contributed by atoms with Gasteiger partial charge in [0, 0.05) is 0 Å². The zero-order valence-electron chi connectivity index (χ0n) is 8.61. The maximum Gasteiger partial charge on any atom is -0.0357 e. The second kappa shape index (κ2) is 5.62. The molecule has 11 heavy (non-hydrogen) atoms. The molecule has 0 atom stereocenters. The first-order chi connectivity index (χ1) is 5.12. The highest BCUT2D eigenvalue weighted by atomic mass is 14.2. The summed E-state index contributed by atoms with van der Waals surface area (Å²) in [4.78, 5) is 0. The molecule has 0 rings (SSSR count). The van der Waals surface area contributed by atoms with E-state index in [2.05, 4.69) is 34.1 Å². The molecule has 0 aliphatic heterocycles. The molecule has 1 radical (unpaired) electrons. The summed E-state index contributed by atoms with van der Waals surface area (Å²) < 4.78 is 0. The van der Waals surface area contributed by atoms with Crippen molar-refractivity contribution >= 4 is 0 Å². The maximum atomic E-state index is 2.36. The van der Waals surface area contributed by atoms with Gasteiger partial charge in [0.15, 0.2) is 0 Å². The highest BCUT2D eigenvalue weighted by Crippen LogP contribution is 2.26. The average Bonchev–Trinajstić information content (AvgIpc) is 1.99. The highest BCUT2D eigenvalue weighted by Gasteiger charge is 2.13. The summed E-state index contributed by atoms with van der Waals surface area (Å²) in [7, 11) is 0. The first kappa shape index (κ1) is 11.0. The third-order valence-electron chi connectivity index (χ3n) is 2.55. The molecule has 0 heteroatoms. The Morgan fingerprint density at radius 1 is 1.18 bits per heavy atom. The number of unbranched alkanes of at least 4 members (excludes halogenated alkanes) is 3. The van der Waals surface area contributed by atoms with Gasteiger partial charge in [-0.3, -0.25) is 0 Å². The second-order valence-corrected chi connectivity index (χ2v) is 4.17. The Bertz CT molecular complexity index is 82.0. The lowest BCUT2D eigenvalue weighted by atomic mass is 9.84. The van der Waals surface area contributed by atoms with Crippen LogP contribution >= 0.6 is 0 Å². The molecule has 0 spiro atoms. The van der Waals surface area contributed by atoms with E-state index in [4.69, 9.17) is 0 Å². The van der Waals surface area contributed by atoms with E-state index in [1.807, 2.05) is 0 Å². The smallest absolute Gasteiger partial charge is 0.0357 e. The fourth-order valence-electron chi connectivity index (χ4n) is 1.13. The van der Waals surface area contributed by atoms with E-state index in [1.54, 1.807) is 0 Å². The van der Waals surface area contributed by atoms with E-state index in [1.165, 1.54) is 32.1 Å². The van der Waals surface area contributed by atoms with Crippen molar-refractivity contribution in [3.05, 3.63) is 6.42 Å². The molecule has 0 nitrogen and oxygen atoms in total. The van der Waals surface area contributed by atoms with Crippen molar-refractivity contribution in [2.75, 3.05) is 0 Å². The summed E-state index contributed by atoms with van der Waals surface area (Å²) in [6, 6.07) is 0. The molecular formula is C11H23. The van der Waals surface area contributed by atoms with Crippen LogP contribution < -0.4 is 0 Å². The molecule has 0 N–H and O–H groups in total. The van der Waals surface area contributed by atoms with Gasteiger partial charge in [0.25, 0.3) is 0 Å². The standard InChI is InChI=1S/C11H23/c1-5-7-8-9-10-11(3,4)6-2/h5H,6-10H2,1-4H3. The molecule has 0 aromatic rings. The number of rotatable bonds is 6. The van der Waals surface area contributed by atoms with Gasteiger partial charge in [0.1, 0.15) is 0 Å². The molecule has 0 aromatic carbocycles. The average molecular weight is 155 g/mol. The van der Waals surface area contributed by atoms with Gasteiger partial charge in [-0.2, -0.15) is 0 Å². The monoisotopic (exact) mass is 155 g/mol. The third kappa shape index (κ3) is 6.40. The van der Waals surface area contributed by atoms with E-state index in [0.717, 1.165) is 0 Å². The topological polar surface area (TPSA) is 0 Å². The summed E-state index contributed by atoms with van der Waals surface area (Å²) in [5.41, 5.74) is 0.577. The van der Waals surface area contributed by atoms with Gasteiger partial charge >= 0.3 is 0 Å². The minimum absolute atomic E-state index is 0.577. The molecule has 0 saturated carbocycles. The van der Waals surface area contributed by atoms with Crippen LogP contribution in [-0.2, 0) is 0 Å². The van der Waals surface area contributed by atoms with Gasteiger partial charge in [-0.15, -0.1) is 0 Å². The molecule has 0 aromatic heterocycles. The lowest BCUT2D eigenvalue weighted by molar-refractivity contribution is 0.309. The lowest BCUT2D eigenvalue weighted by Crippen LogP contribution is -2.08. The van der Waals surface area contributed by atoms with E-state index < -0.39 is 0 Å². The second-order valence-electron chi connectivity index (χ2n) is 4.17. The van der Waals surface area contributed by atoms with E-state index in [-0.39, 0.29) is 0 Å². The molecule has 0 heterocycles. The van der Waals surface area contributed by atoms with Crippen LogP contribution in [0.4, 0.5) is 0 Å². The Balaban J connectivity index is 3.23. The summed E-state index contributed by atoms with van der Waals surface area (Å²) in [5, 5.41) is 0. The quantitative estimate of drug-likeness (QED) is 0.504. The molecule has 0 unspecified atom stereocenters. The van der Waals surface area contributed by atoms with E-state index >= 15 is 0 Å². The van der Waals surface area contributed by atoms with Crippen molar-refractivity contribution in [1.29, 1.82) is 0 Å². The predicted octanol–water partition coefficient (Wildman–Crippen LogP) is 4.21. The molecular weight excluding hydrogens is 132 g/mol. The summed E-state index contributed by atoms with van der Waals surface area (Å²) in [5.74, 6) is 0. The van der Waals surface area contributed by atoms with Crippen molar-refractivity contribution in [3.8, 4) is 0 Å². The Morgan fingerprint density at radius 3 is 2.27 bits per heavy atom. The molecule has 0 aliphatic rings. The largest absolute Gasteiger partial charge is 0.0649 e. The highest BCUT2D eigenvalue weighted by molar-refractivity contribution is 4.66. The van der Waals surface area contributed by atoms with Crippen LogP contribution in [0.15, 0.2) is 0 Å². The predicted molar refractivity (Wildman–Crippen MR) is 52.5 cm³/mol. The van der Waals surface area contributed by atoms with Gasteiger partial charge in [-0.25, -0.2) is 0 Å². The van der Waals surface area contributed by atoms with E-state index in [0.29, 0.717) is 5.41 Å². The van der Waals surface area contributed by atoms with Crippen molar-refractivity contribution in [2.45, 2.75) is 59.8 Å². The normalized spacial score (nSPS) is 12.0. The summed E-state index contributed by atoms with van der Waals surface area (Å²) in [6.45, 7) is 9.15. The Hall–Kier alpha value is 0. The van der Waals surface area contributed by atoms with Crippen LogP contribution in [0, 0.1) is 11.8 Å². The first-order valence-corrected chi connectivity index (χ1v) is 4.90. The van der Waals surface area contributed by atoms with Crippen molar-refractivity contribution in [2.24, 2.45) is 5.41 Å². The zero-order chi connectivity index (χ0) is 8.74. The maximum absolute atomic E-state index is 2.36. The lowest BCUT2D eigenvalue weighted by Gasteiger charge is -2.21. The van der Waals surface area contributed by atoms with Crippen LogP contribution in [0.1, 0.15) is 59.8 Å². The number of hydrogen-bond donors (Lipinski definition) is 0. The minimum Gasteiger partial charge on any atom is -0.0649 e. The Morgan fingerprint density at radius 2 is 1.82 bits per heavy atom. The molecule has 67 valence electrons. The zero-order valence-corrected chi connectivity index (χ0v) is 8.61. The van der Waals surface area contributed by atoms with Crippen molar-refractivity contribution < 1.29 is 0 Å². The van der Waals surface area contributed by atoms with Crippen LogP contribution in [0.3, 0.4) is 0 Å². The summed E-state index contributed by atoms with van der Waals surface area (Å²) in [6.07, 6.45) is 9.02. The minimum atomic E-state index is 0.577. The Kier molecular flexibility index (Phi) is 5.62. The van der Waals surface area contributed by atoms with Crippen LogP contribution in [-0.4, -0.2) is 0 Å². The fourth-order valence-corrected chi connectivity index (χ4v) is 1.13. The van der Waals surface area contributed by atoms with Crippen molar-refractivity contribution in [3.63, 3.8) is 0 Å². The number of hydrogen-bond acceptors (Lipinski definition) is 0. The molecule has 0 aliphatic carbocycles. The van der Waals surface area contributed by atoms with E-state index in [9.17, 15) is 0 Å². The third-order valence-corrected chi connectivity index (χ3v) is 2.55. The Labute approximate surface area is 72.4 Å². The van der Waals surface area contributed by atoms with Crippen LogP contribution in [0.25, 0.3) is 0 Å². The molecule has 0 amide bonds. The van der Waals surface area contributed by atoms with Crippen LogP contribution in [0.2, 0.25) is 0 Å². The summed E-state index contributed by atoms with van der Waals surface area (Å²) >= 11 is 0. The van der Waals surface area contributed by atoms with Gasteiger partial charge in [0.05, 0.1) is 0 Å². The van der Waals surface area contributed by atoms with Gasteiger partial charge in [-0.05, 0) is 18.3 Å². The molecule has 0 fully saturated rings. The molecule has 0 bridgehead atoms. The SMILES string of the molecule is C[CH]CCCCC(C)(C)CC. The fraction of sp³-hybridized carbons (Fsp3) is 0.909. The van der Waals surface area contributed by atoms with Crippen LogP contribution in [0.5, 0.6) is 0 Å². The van der Waals surface area contributed by atoms with Gasteiger partial charge in [-0.1, -0.05) is 53.4 Å². The first-order valence-electron chi connectivity index (χ1n) is 4.90. The molecule has 0 saturated heterocycles. The van der Waals surface area contributed by atoms with Gasteiger partial charge in [0.2, 0.25) is 0 Å².